The molecule has 1 aromatic carbocycles. The van der Waals surface area contributed by atoms with E-state index in [0.717, 1.165) is 27.9 Å². The number of rotatable bonds is 7. The molecule has 0 amide bonds. The van der Waals surface area contributed by atoms with Gasteiger partial charge in [-0.15, -0.1) is 10.2 Å². The van der Waals surface area contributed by atoms with E-state index in [1.54, 1.807) is 11.8 Å². The summed E-state index contributed by atoms with van der Waals surface area (Å²) in [5, 5.41) is 19.5. The van der Waals surface area contributed by atoms with Crippen molar-refractivity contribution in [1.29, 1.82) is 0 Å². The molecule has 2 aromatic rings. The Labute approximate surface area is 141 Å². The Morgan fingerprint density at radius 1 is 1.26 bits per heavy atom. The Hall–Kier alpha value is -1.53. The van der Waals surface area contributed by atoms with E-state index in [9.17, 15) is 5.11 Å². The maximum atomic E-state index is 10.2. The minimum absolute atomic E-state index is 0.287. The van der Waals surface area contributed by atoms with Gasteiger partial charge < -0.3 is 14.4 Å². The highest BCUT2D eigenvalue weighted by Crippen LogP contribution is 2.38. The number of hydrogen-bond donors (Lipinski definition) is 1. The van der Waals surface area contributed by atoms with Gasteiger partial charge in [0, 0.05) is 11.8 Å². The van der Waals surface area contributed by atoms with Crippen LogP contribution in [-0.2, 0) is 0 Å². The Balaban J connectivity index is 1.53. The van der Waals surface area contributed by atoms with Crippen LogP contribution in [0, 0.1) is 20.8 Å². The predicted molar refractivity (Wildman–Crippen MR) is 91.2 cm³/mol. The van der Waals surface area contributed by atoms with Crippen LogP contribution in [-0.4, -0.2) is 38.3 Å². The standard InChI is InChI=1S/C17H23N3O2S/c1-11-5-4-6-12(2)16(11)22-9-15(21)10-23-17-19-18-13(3)20(17)14-7-8-14/h4-6,14-15,21H,7-10H2,1-3H3. The minimum Gasteiger partial charge on any atom is -0.490 e. The number of benzene rings is 1. The number of nitrogens with zero attached hydrogens (tertiary/aromatic N) is 3. The van der Waals surface area contributed by atoms with Crippen LogP contribution in [0.3, 0.4) is 0 Å². The summed E-state index contributed by atoms with van der Waals surface area (Å²) in [5.74, 6) is 2.38. The highest BCUT2D eigenvalue weighted by Gasteiger charge is 2.28. The van der Waals surface area contributed by atoms with Crippen molar-refractivity contribution in [3.63, 3.8) is 0 Å². The molecule has 124 valence electrons. The average Bonchev–Trinajstić information content (AvgIpc) is 3.28. The lowest BCUT2D eigenvalue weighted by Gasteiger charge is -2.15. The first kappa shape index (κ1) is 16.3. The molecule has 23 heavy (non-hydrogen) atoms. The van der Waals surface area contributed by atoms with Crippen LogP contribution in [0.5, 0.6) is 5.75 Å². The zero-order valence-corrected chi connectivity index (χ0v) is 14.6. The first-order chi connectivity index (χ1) is 11.1. The summed E-state index contributed by atoms with van der Waals surface area (Å²) in [7, 11) is 0. The molecule has 1 aromatic heterocycles. The third-order valence-corrected chi connectivity index (χ3v) is 5.07. The van der Waals surface area contributed by atoms with Crippen LogP contribution in [0.15, 0.2) is 23.4 Å². The molecule has 1 N–H and O–H groups in total. The second-order valence-electron chi connectivity index (χ2n) is 6.13. The van der Waals surface area contributed by atoms with Crippen molar-refractivity contribution in [2.45, 2.75) is 50.9 Å². The van der Waals surface area contributed by atoms with E-state index in [-0.39, 0.29) is 6.61 Å². The van der Waals surface area contributed by atoms with E-state index < -0.39 is 6.10 Å². The van der Waals surface area contributed by atoms with Crippen LogP contribution < -0.4 is 4.74 Å². The zero-order chi connectivity index (χ0) is 16.4. The molecular formula is C17H23N3O2S. The lowest BCUT2D eigenvalue weighted by Crippen LogP contribution is -2.21. The molecule has 1 atom stereocenters. The van der Waals surface area contributed by atoms with Gasteiger partial charge in [0.15, 0.2) is 5.16 Å². The fourth-order valence-electron chi connectivity index (χ4n) is 2.63. The predicted octanol–water partition coefficient (Wildman–Crippen LogP) is 3.07. The highest BCUT2D eigenvalue weighted by atomic mass is 32.2. The van der Waals surface area contributed by atoms with Crippen LogP contribution in [0.4, 0.5) is 0 Å². The maximum absolute atomic E-state index is 10.2. The first-order valence-electron chi connectivity index (χ1n) is 7.97. The fraction of sp³-hybridized carbons (Fsp3) is 0.529. The number of thioether (sulfide) groups is 1. The number of aromatic nitrogens is 3. The molecule has 0 saturated heterocycles. The van der Waals surface area contributed by atoms with Crippen molar-refractivity contribution in [2.75, 3.05) is 12.4 Å². The fourth-order valence-corrected chi connectivity index (χ4v) is 3.58. The van der Waals surface area contributed by atoms with E-state index in [2.05, 4.69) is 14.8 Å². The maximum Gasteiger partial charge on any atom is 0.191 e. The number of aliphatic hydroxyl groups is 1. The molecule has 1 heterocycles. The zero-order valence-electron chi connectivity index (χ0n) is 13.8. The second-order valence-corrected chi connectivity index (χ2v) is 7.11. The van der Waals surface area contributed by atoms with Gasteiger partial charge in [0.25, 0.3) is 0 Å². The number of hydrogen-bond acceptors (Lipinski definition) is 5. The van der Waals surface area contributed by atoms with Gasteiger partial charge in [-0.25, -0.2) is 0 Å². The average molecular weight is 333 g/mol. The molecule has 1 fully saturated rings. The van der Waals surface area contributed by atoms with Gasteiger partial charge in [0.2, 0.25) is 0 Å². The normalized spacial score (nSPS) is 15.7. The molecule has 1 aliphatic carbocycles. The number of ether oxygens (including phenoxy) is 1. The van der Waals surface area contributed by atoms with Crippen LogP contribution >= 0.6 is 11.8 Å². The van der Waals surface area contributed by atoms with Crippen LogP contribution in [0.1, 0.15) is 35.8 Å². The van der Waals surface area contributed by atoms with Gasteiger partial charge in [-0.05, 0) is 44.7 Å². The third-order valence-electron chi connectivity index (χ3n) is 3.98. The van der Waals surface area contributed by atoms with Gasteiger partial charge in [0.1, 0.15) is 18.2 Å². The molecule has 0 aliphatic heterocycles. The number of aliphatic hydroxyl groups excluding tert-OH is 1. The van der Waals surface area contributed by atoms with E-state index in [1.807, 2.05) is 39.0 Å². The first-order valence-corrected chi connectivity index (χ1v) is 8.96. The Morgan fingerprint density at radius 3 is 2.61 bits per heavy atom. The Kier molecular flexibility index (Phi) is 4.92. The van der Waals surface area contributed by atoms with Crippen LogP contribution in [0.25, 0.3) is 0 Å². The lowest BCUT2D eigenvalue weighted by molar-refractivity contribution is 0.125. The largest absolute Gasteiger partial charge is 0.490 e. The molecule has 3 rings (SSSR count). The van der Waals surface area contributed by atoms with Crippen molar-refractivity contribution in [3.05, 3.63) is 35.2 Å². The minimum atomic E-state index is -0.538. The van der Waals surface area contributed by atoms with Gasteiger partial charge in [-0.1, -0.05) is 30.0 Å². The molecule has 5 nitrogen and oxygen atoms in total. The topological polar surface area (TPSA) is 60.2 Å². The number of aryl methyl sites for hydroxylation is 3. The SMILES string of the molecule is Cc1cccc(C)c1OCC(O)CSc1nnc(C)n1C1CC1. The van der Waals surface area contributed by atoms with Gasteiger partial charge in [-0.2, -0.15) is 0 Å². The van der Waals surface area contributed by atoms with E-state index in [4.69, 9.17) is 4.74 Å². The summed E-state index contributed by atoms with van der Waals surface area (Å²) in [6.07, 6.45) is 1.86. The molecule has 0 spiro atoms. The summed E-state index contributed by atoms with van der Waals surface area (Å²) < 4.78 is 7.99. The lowest BCUT2D eigenvalue weighted by atomic mass is 10.1. The summed E-state index contributed by atoms with van der Waals surface area (Å²) in [6.45, 7) is 6.31. The molecular weight excluding hydrogens is 310 g/mol. The van der Waals surface area contributed by atoms with Crippen molar-refractivity contribution < 1.29 is 9.84 Å². The summed E-state index contributed by atoms with van der Waals surface area (Å²) in [5.41, 5.74) is 2.18. The summed E-state index contributed by atoms with van der Waals surface area (Å²) in [6, 6.07) is 6.60. The van der Waals surface area contributed by atoms with Gasteiger partial charge in [-0.3, -0.25) is 0 Å². The molecule has 0 radical (unpaired) electrons. The Bertz CT molecular complexity index is 662. The highest BCUT2D eigenvalue weighted by molar-refractivity contribution is 7.99. The van der Waals surface area contributed by atoms with E-state index in [1.165, 1.54) is 12.8 Å². The monoisotopic (exact) mass is 333 g/mol. The molecule has 1 unspecified atom stereocenters. The second kappa shape index (κ2) is 6.93. The van der Waals surface area contributed by atoms with Crippen molar-refractivity contribution in [2.24, 2.45) is 0 Å². The van der Waals surface area contributed by atoms with E-state index >= 15 is 0 Å². The number of para-hydroxylation sites is 1. The van der Waals surface area contributed by atoms with Crippen molar-refractivity contribution in [1.82, 2.24) is 14.8 Å². The quantitative estimate of drug-likeness (QED) is 0.789. The molecule has 6 heteroatoms. The third kappa shape index (κ3) is 3.87. The summed E-state index contributed by atoms with van der Waals surface area (Å²) >= 11 is 1.55. The smallest absolute Gasteiger partial charge is 0.191 e. The van der Waals surface area contributed by atoms with Crippen LogP contribution in [0.2, 0.25) is 0 Å². The summed E-state index contributed by atoms with van der Waals surface area (Å²) in [4.78, 5) is 0. The van der Waals surface area contributed by atoms with Crippen molar-refractivity contribution in [3.8, 4) is 5.75 Å². The molecule has 0 bridgehead atoms. The van der Waals surface area contributed by atoms with Crippen molar-refractivity contribution >= 4 is 11.8 Å². The molecule has 1 saturated carbocycles. The Morgan fingerprint density at radius 2 is 1.96 bits per heavy atom. The van der Waals surface area contributed by atoms with Gasteiger partial charge in [0.05, 0.1) is 6.10 Å². The van der Waals surface area contributed by atoms with Gasteiger partial charge >= 0.3 is 0 Å². The molecule has 1 aliphatic rings. The van der Waals surface area contributed by atoms with E-state index in [0.29, 0.717) is 11.8 Å².